The van der Waals surface area contributed by atoms with Crippen molar-refractivity contribution in [2.75, 3.05) is 74.1 Å². The van der Waals surface area contributed by atoms with Gasteiger partial charge in [-0.3, -0.25) is 21.3 Å². The number of anilines is 4. The molecule has 0 fully saturated rings. The number of amides is 4. The van der Waals surface area contributed by atoms with E-state index in [1.807, 2.05) is 194 Å². The van der Waals surface area contributed by atoms with Gasteiger partial charge in [-0.2, -0.15) is 0 Å². The summed E-state index contributed by atoms with van der Waals surface area (Å²) in [7, 11) is 0. The van der Waals surface area contributed by atoms with E-state index in [1.54, 1.807) is 62.4 Å². The summed E-state index contributed by atoms with van der Waals surface area (Å²) >= 11 is 0. The van der Waals surface area contributed by atoms with Gasteiger partial charge in [-0.15, -0.1) is 0 Å². The molecule has 0 saturated carbocycles. The summed E-state index contributed by atoms with van der Waals surface area (Å²) in [4.78, 5) is 100. The highest BCUT2D eigenvalue weighted by Crippen LogP contribution is 2.34. The van der Waals surface area contributed by atoms with Gasteiger partial charge >= 0.3 is 48.3 Å². The second-order valence-electron chi connectivity index (χ2n) is 24.7. The molecule has 24 nitrogen and oxygen atoms in total. The molecule has 4 amide bonds. The Morgan fingerprint density at radius 1 is 0.281 bits per heavy atom. The molecule has 0 aliphatic carbocycles. The molecular weight excluding hydrogens is 1460 g/mol. The fraction of sp³-hybridized carbons (Fsp3) is 0.156. The Labute approximate surface area is 659 Å². The summed E-state index contributed by atoms with van der Waals surface area (Å²) in [5, 5.41) is 10.5. The monoisotopic (exact) mass is 1540 g/mol. The van der Waals surface area contributed by atoms with E-state index in [2.05, 4.69) is 47.6 Å². The predicted molar refractivity (Wildman–Crippen MR) is 432 cm³/mol. The maximum Gasteiger partial charge on any atom is 0.412 e. The average Bonchev–Trinajstić information content (AvgIpc) is 0.860. The van der Waals surface area contributed by atoms with Crippen molar-refractivity contribution in [1.29, 1.82) is 0 Å². The van der Waals surface area contributed by atoms with Crippen molar-refractivity contribution in [1.82, 2.24) is 0 Å². The van der Waals surface area contributed by atoms with E-state index in [1.165, 1.54) is 12.1 Å². The first kappa shape index (κ1) is 83.4. The summed E-state index contributed by atoms with van der Waals surface area (Å²) in [5.74, 6) is -0.626. The van der Waals surface area contributed by atoms with Crippen LogP contribution in [-0.2, 0) is 57.1 Å². The average molecular weight is 1540 g/mol. The highest BCUT2D eigenvalue weighted by atomic mass is 16.6. The second kappa shape index (κ2) is 44.1. The molecule has 10 aromatic carbocycles. The molecule has 0 aliphatic rings. The molecule has 0 aromatic heterocycles. The number of rotatable bonds is 36. The lowest BCUT2D eigenvalue weighted by Gasteiger charge is -2.21. The molecule has 0 heterocycles. The lowest BCUT2D eigenvalue weighted by Crippen LogP contribution is -2.33. The van der Waals surface area contributed by atoms with Crippen LogP contribution < -0.4 is 40.2 Å². The molecule has 10 rings (SSSR count). The molecule has 4 N–H and O–H groups in total. The molecule has 584 valence electrons. The highest BCUT2D eigenvalue weighted by molar-refractivity contribution is 5.92. The van der Waals surface area contributed by atoms with Gasteiger partial charge < -0.3 is 56.8 Å². The van der Waals surface area contributed by atoms with E-state index in [9.17, 15) is 38.4 Å². The maximum atomic E-state index is 13.2. The SMILES string of the molecule is C=CC(=O)OC(COC(=O)Nc1ccc(C)c(NC(=O)OCC(COc2ccccc2-c2ccccc2)OC(=O)C=C)c1)COc1ccccc1-c1ccccc1.C=CC(=O)OCC(COc1ccccc1-c1ccccc1)OC(=O)Nc1ccc(C)c(NC(=O)OC(COC(=O)C=C)COc2ccccc2-c2ccccc2)c1. The largest absolute Gasteiger partial charge is 0.489 e. The molecule has 4 unspecified atom stereocenters. The molecule has 24 heteroatoms. The van der Waals surface area contributed by atoms with Crippen LogP contribution >= 0.6 is 0 Å². The predicted octanol–water partition coefficient (Wildman–Crippen LogP) is 17.6. The minimum absolute atomic E-state index is 0.113. The minimum Gasteiger partial charge on any atom is -0.489 e. The zero-order valence-corrected chi connectivity index (χ0v) is 62.5. The highest BCUT2D eigenvalue weighted by Gasteiger charge is 2.25. The van der Waals surface area contributed by atoms with Gasteiger partial charge in [-0.05, 0) is 95.8 Å². The maximum absolute atomic E-state index is 13.2. The van der Waals surface area contributed by atoms with Crippen LogP contribution in [-0.4, -0.2) is 126 Å². The lowest BCUT2D eigenvalue weighted by atomic mass is 10.1. The van der Waals surface area contributed by atoms with Crippen molar-refractivity contribution in [2.24, 2.45) is 0 Å². The van der Waals surface area contributed by atoms with Crippen molar-refractivity contribution in [3.63, 3.8) is 0 Å². The van der Waals surface area contributed by atoms with E-state index in [4.69, 9.17) is 56.8 Å². The summed E-state index contributed by atoms with van der Waals surface area (Å²) in [5.41, 5.74) is 9.57. The molecule has 10 aromatic rings. The third-order valence-electron chi connectivity index (χ3n) is 16.4. The summed E-state index contributed by atoms with van der Waals surface area (Å²) in [6, 6.07) is 77.7. The minimum atomic E-state index is -1.01. The quantitative estimate of drug-likeness (QED) is 0.0161. The number of aryl methyl sites for hydroxylation is 2. The normalized spacial score (nSPS) is 11.5. The number of esters is 4. The van der Waals surface area contributed by atoms with Crippen LogP contribution in [0.4, 0.5) is 41.9 Å². The number of hydrogen-bond donors (Lipinski definition) is 4. The topological polar surface area (TPSA) is 295 Å². The fourth-order valence-electron chi connectivity index (χ4n) is 10.8. The Hall–Kier alpha value is -14.7. The molecule has 0 spiro atoms. The third kappa shape index (κ3) is 26.9. The van der Waals surface area contributed by atoms with Crippen molar-refractivity contribution in [3.8, 4) is 67.5 Å². The van der Waals surface area contributed by atoms with Gasteiger partial charge in [0.2, 0.25) is 0 Å². The van der Waals surface area contributed by atoms with Gasteiger partial charge in [-0.25, -0.2) is 38.4 Å². The number of benzene rings is 10. The Morgan fingerprint density at radius 2 is 0.535 bits per heavy atom. The van der Waals surface area contributed by atoms with E-state index in [0.29, 0.717) is 45.5 Å². The summed E-state index contributed by atoms with van der Waals surface area (Å²) in [6.45, 7) is 15.4. The van der Waals surface area contributed by atoms with E-state index >= 15 is 0 Å². The molecule has 0 radical (unpaired) electrons. The van der Waals surface area contributed by atoms with Gasteiger partial charge in [0.1, 0.15) is 75.9 Å². The molecule has 0 aliphatic heterocycles. The molecule has 114 heavy (non-hydrogen) atoms. The van der Waals surface area contributed by atoms with Gasteiger partial charge in [0.15, 0.2) is 24.4 Å². The zero-order valence-electron chi connectivity index (χ0n) is 62.5. The number of ether oxygens (including phenoxy) is 12. The van der Waals surface area contributed by atoms with Crippen LogP contribution in [0.1, 0.15) is 11.1 Å². The zero-order chi connectivity index (χ0) is 80.8. The van der Waals surface area contributed by atoms with E-state index in [-0.39, 0.29) is 64.2 Å². The first-order chi connectivity index (χ1) is 55.4. The number of carbonyl (C=O) groups is 8. The third-order valence-corrected chi connectivity index (χ3v) is 16.4. The molecule has 0 saturated heterocycles. The van der Waals surface area contributed by atoms with Crippen LogP contribution in [0, 0.1) is 13.8 Å². The first-order valence-corrected chi connectivity index (χ1v) is 35.8. The van der Waals surface area contributed by atoms with Crippen molar-refractivity contribution < 1.29 is 95.2 Å². The molecule has 4 atom stereocenters. The Balaban J connectivity index is 0.000000261. The number of nitrogens with one attached hydrogen (secondary N) is 4. The smallest absolute Gasteiger partial charge is 0.412 e. The van der Waals surface area contributed by atoms with Crippen molar-refractivity contribution in [3.05, 3.63) is 317 Å². The molecular formula is C90H84N4O20. The lowest BCUT2D eigenvalue weighted by molar-refractivity contribution is -0.147. The first-order valence-electron chi connectivity index (χ1n) is 35.8. The standard InChI is InChI=1S/2C45H42N2O10/c1-4-42(48)56-35(27-52-40-22-14-12-20-37(40)32-16-8-6-9-17-32)29-54-44(50)46-34-25-24-31(3)39(26-34)47-45(51)55-30-36(57-43(49)5-2)28-53-41-23-15-13-21-38(41)33-18-10-7-11-19-33;1-4-42(48)54-29-35(27-52-40-22-14-12-20-37(40)32-16-8-6-9-17-32)56-44(50)46-34-25-24-31(3)39(26-34)47-45(51)57-36(30-55-43(49)5-2)28-53-41-23-15-13-21-38(41)33-18-10-7-11-19-33/h2*4-26,35-36H,1-2,27-30H2,3H3,(H,46,50)(H,47,51). The number of hydrogen-bond acceptors (Lipinski definition) is 20. The molecule has 0 bridgehead atoms. The van der Waals surface area contributed by atoms with Crippen LogP contribution in [0.5, 0.6) is 23.0 Å². The van der Waals surface area contributed by atoms with Crippen LogP contribution in [0.3, 0.4) is 0 Å². The second-order valence-corrected chi connectivity index (χ2v) is 24.7. The number of carbonyl (C=O) groups excluding carboxylic acids is 8. The summed E-state index contributed by atoms with van der Waals surface area (Å²) < 4.78 is 67.4. The fourth-order valence-corrected chi connectivity index (χ4v) is 10.8. The van der Waals surface area contributed by atoms with Crippen LogP contribution in [0.15, 0.2) is 305 Å². The van der Waals surface area contributed by atoms with E-state index < -0.39 is 72.7 Å². The van der Waals surface area contributed by atoms with Gasteiger partial charge in [0, 0.05) is 69.3 Å². The Bertz CT molecular complexity index is 4930. The van der Waals surface area contributed by atoms with Crippen molar-refractivity contribution >= 4 is 71.0 Å². The Morgan fingerprint density at radius 3 is 0.851 bits per heavy atom. The van der Waals surface area contributed by atoms with Crippen molar-refractivity contribution in [2.45, 2.75) is 38.3 Å². The van der Waals surface area contributed by atoms with Crippen LogP contribution in [0.25, 0.3) is 44.5 Å². The van der Waals surface area contributed by atoms with Crippen LogP contribution in [0.2, 0.25) is 0 Å². The number of para-hydroxylation sites is 4. The van der Waals surface area contributed by atoms with Gasteiger partial charge in [0.25, 0.3) is 0 Å². The Kier molecular flexibility index (Phi) is 32.2. The van der Waals surface area contributed by atoms with E-state index in [0.717, 1.165) is 68.8 Å². The van der Waals surface area contributed by atoms with Gasteiger partial charge in [-0.1, -0.05) is 233 Å². The summed E-state index contributed by atoms with van der Waals surface area (Å²) in [6.07, 6.45) is -3.36. The van der Waals surface area contributed by atoms with Gasteiger partial charge in [0.05, 0.1) is 0 Å².